The van der Waals surface area contributed by atoms with Crippen LogP contribution in [0.5, 0.6) is 0 Å². The van der Waals surface area contributed by atoms with Crippen molar-refractivity contribution in [2.45, 2.75) is 18.9 Å². The molecular weight excluding hydrogens is 254 g/mol. The molecule has 0 unspecified atom stereocenters. The van der Waals surface area contributed by atoms with Crippen LogP contribution in [0, 0.1) is 0 Å². The SMILES string of the molecule is O=C(c1ccc(-n2cccn2)cc1)N1CCC[C@@H]1CO. The van der Waals surface area contributed by atoms with Gasteiger partial charge in [0, 0.05) is 24.5 Å². The van der Waals surface area contributed by atoms with Gasteiger partial charge in [-0.15, -0.1) is 0 Å². The first-order valence-electron chi connectivity index (χ1n) is 6.81. The lowest BCUT2D eigenvalue weighted by molar-refractivity contribution is 0.0677. The van der Waals surface area contributed by atoms with Gasteiger partial charge in [-0.3, -0.25) is 4.79 Å². The Kier molecular flexibility index (Phi) is 3.52. The molecule has 20 heavy (non-hydrogen) atoms. The number of nitrogens with zero attached hydrogens (tertiary/aromatic N) is 3. The van der Waals surface area contributed by atoms with E-state index in [4.69, 9.17) is 0 Å². The minimum atomic E-state index is -0.0340. The van der Waals surface area contributed by atoms with Crippen LogP contribution in [0.2, 0.25) is 0 Å². The Morgan fingerprint density at radius 1 is 1.35 bits per heavy atom. The van der Waals surface area contributed by atoms with Gasteiger partial charge < -0.3 is 10.0 Å². The van der Waals surface area contributed by atoms with E-state index >= 15 is 0 Å². The molecule has 0 aliphatic carbocycles. The van der Waals surface area contributed by atoms with Crippen LogP contribution < -0.4 is 0 Å². The van der Waals surface area contributed by atoms with E-state index in [-0.39, 0.29) is 18.6 Å². The number of carbonyl (C=O) groups is 1. The first-order valence-corrected chi connectivity index (χ1v) is 6.81. The average molecular weight is 271 g/mol. The molecule has 1 aliphatic heterocycles. The number of hydrogen-bond acceptors (Lipinski definition) is 3. The molecule has 0 radical (unpaired) electrons. The molecule has 0 saturated carbocycles. The van der Waals surface area contributed by atoms with E-state index in [1.54, 1.807) is 15.8 Å². The van der Waals surface area contributed by atoms with Crippen molar-refractivity contribution in [3.63, 3.8) is 0 Å². The fourth-order valence-corrected chi connectivity index (χ4v) is 2.64. The molecule has 1 aromatic carbocycles. The van der Waals surface area contributed by atoms with Crippen molar-refractivity contribution in [1.29, 1.82) is 0 Å². The Labute approximate surface area is 117 Å². The van der Waals surface area contributed by atoms with E-state index in [9.17, 15) is 9.90 Å². The number of rotatable bonds is 3. The fourth-order valence-electron chi connectivity index (χ4n) is 2.64. The van der Waals surface area contributed by atoms with Crippen molar-refractivity contribution < 1.29 is 9.90 Å². The van der Waals surface area contributed by atoms with Gasteiger partial charge in [0.25, 0.3) is 5.91 Å². The van der Waals surface area contributed by atoms with E-state index in [1.165, 1.54) is 0 Å². The average Bonchev–Trinajstić information content (AvgIpc) is 3.17. The molecule has 1 aliphatic rings. The van der Waals surface area contributed by atoms with Crippen LogP contribution in [0.15, 0.2) is 42.7 Å². The summed E-state index contributed by atoms with van der Waals surface area (Å²) >= 11 is 0. The quantitative estimate of drug-likeness (QED) is 0.919. The van der Waals surface area contributed by atoms with Gasteiger partial charge in [-0.2, -0.15) is 5.10 Å². The third-order valence-electron chi connectivity index (χ3n) is 3.73. The molecule has 104 valence electrons. The van der Waals surface area contributed by atoms with Gasteiger partial charge >= 0.3 is 0 Å². The molecule has 1 N–H and O–H groups in total. The number of aromatic nitrogens is 2. The highest BCUT2D eigenvalue weighted by atomic mass is 16.3. The highest BCUT2D eigenvalue weighted by molar-refractivity contribution is 5.94. The minimum Gasteiger partial charge on any atom is -0.394 e. The molecule has 1 amide bonds. The van der Waals surface area contributed by atoms with Crippen LogP contribution in [-0.4, -0.2) is 44.9 Å². The van der Waals surface area contributed by atoms with Gasteiger partial charge in [0.15, 0.2) is 0 Å². The zero-order valence-corrected chi connectivity index (χ0v) is 11.1. The number of likely N-dealkylation sites (tertiary alicyclic amines) is 1. The maximum Gasteiger partial charge on any atom is 0.254 e. The predicted octanol–water partition coefficient (Wildman–Crippen LogP) is 1.47. The summed E-state index contributed by atoms with van der Waals surface area (Å²) in [7, 11) is 0. The van der Waals surface area contributed by atoms with Gasteiger partial charge in [-0.1, -0.05) is 0 Å². The van der Waals surface area contributed by atoms with Gasteiger partial charge in [0.05, 0.1) is 18.3 Å². The largest absolute Gasteiger partial charge is 0.394 e. The van der Waals surface area contributed by atoms with Gasteiger partial charge in [-0.25, -0.2) is 4.68 Å². The second kappa shape index (κ2) is 5.46. The second-order valence-corrected chi connectivity index (χ2v) is 4.97. The molecule has 1 saturated heterocycles. The Morgan fingerprint density at radius 2 is 2.15 bits per heavy atom. The van der Waals surface area contributed by atoms with Crippen molar-refractivity contribution >= 4 is 5.91 Å². The smallest absolute Gasteiger partial charge is 0.254 e. The lowest BCUT2D eigenvalue weighted by Crippen LogP contribution is -2.37. The molecule has 2 aromatic rings. The van der Waals surface area contributed by atoms with Crippen LogP contribution in [-0.2, 0) is 0 Å². The topological polar surface area (TPSA) is 58.4 Å². The molecule has 3 rings (SSSR count). The molecule has 1 atom stereocenters. The third kappa shape index (κ3) is 2.32. The predicted molar refractivity (Wildman–Crippen MR) is 74.7 cm³/mol. The number of aliphatic hydroxyl groups is 1. The highest BCUT2D eigenvalue weighted by Crippen LogP contribution is 2.20. The molecule has 5 heteroatoms. The lowest BCUT2D eigenvalue weighted by Gasteiger charge is -2.23. The van der Waals surface area contributed by atoms with Crippen LogP contribution in [0.1, 0.15) is 23.2 Å². The van der Waals surface area contributed by atoms with Gasteiger partial charge in [-0.05, 0) is 43.2 Å². The van der Waals surface area contributed by atoms with Crippen molar-refractivity contribution in [3.8, 4) is 5.69 Å². The van der Waals surface area contributed by atoms with Crippen molar-refractivity contribution in [3.05, 3.63) is 48.3 Å². The zero-order valence-electron chi connectivity index (χ0n) is 11.1. The van der Waals surface area contributed by atoms with E-state index in [1.807, 2.05) is 36.5 Å². The zero-order chi connectivity index (χ0) is 13.9. The highest BCUT2D eigenvalue weighted by Gasteiger charge is 2.28. The normalized spacial score (nSPS) is 18.4. The van der Waals surface area contributed by atoms with E-state index < -0.39 is 0 Å². The van der Waals surface area contributed by atoms with E-state index in [2.05, 4.69) is 5.10 Å². The van der Waals surface area contributed by atoms with E-state index in [0.29, 0.717) is 5.56 Å². The third-order valence-corrected chi connectivity index (χ3v) is 3.73. The molecule has 0 spiro atoms. The summed E-state index contributed by atoms with van der Waals surface area (Å²) in [6, 6.07) is 9.20. The van der Waals surface area contributed by atoms with Gasteiger partial charge in [0.2, 0.25) is 0 Å². The lowest BCUT2D eigenvalue weighted by atomic mass is 10.1. The molecule has 0 bridgehead atoms. The van der Waals surface area contributed by atoms with E-state index in [0.717, 1.165) is 25.1 Å². The number of aliphatic hydroxyl groups excluding tert-OH is 1. The van der Waals surface area contributed by atoms with Crippen molar-refractivity contribution in [1.82, 2.24) is 14.7 Å². The Bertz CT molecular complexity index is 578. The standard InChI is InChI=1S/C15H17N3O2/c19-11-14-3-1-9-17(14)15(20)12-4-6-13(7-5-12)18-10-2-8-16-18/h2,4-8,10,14,19H,1,3,9,11H2/t14-/m1/s1. The number of hydrogen-bond donors (Lipinski definition) is 1. The Morgan fingerprint density at radius 3 is 2.80 bits per heavy atom. The summed E-state index contributed by atoms with van der Waals surface area (Å²) in [6.45, 7) is 0.766. The molecule has 1 aromatic heterocycles. The maximum atomic E-state index is 12.4. The Balaban J connectivity index is 1.79. The Hall–Kier alpha value is -2.14. The van der Waals surface area contributed by atoms with Crippen LogP contribution in [0.25, 0.3) is 5.69 Å². The molecular formula is C15H17N3O2. The maximum absolute atomic E-state index is 12.4. The van der Waals surface area contributed by atoms with Crippen molar-refractivity contribution in [2.24, 2.45) is 0 Å². The number of carbonyl (C=O) groups excluding carboxylic acids is 1. The molecule has 1 fully saturated rings. The monoisotopic (exact) mass is 271 g/mol. The summed E-state index contributed by atoms with van der Waals surface area (Å²) < 4.78 is 1.75. The molecule has 2 heterocycles. The number of amides is 1. The first kappa shape index (κ1) is 12.9. The molecule has 5 nitrogen and oxygen atoms in total. The summed E-state index contributed by atoms with van der Waals surface area (Å²) in [5.41, 5.74) is 1.58. The van der Waals surface area contributed by atoms with Crippen LogP contribution >= 0.6 is 0 Å². The van der Waals surface area contributed by atoms with Crippen LogP contribution in [0.4, 0.5) is 0 Å². The summed E-state index contributed by atoms with van der Waals surface area (Å²) in [5, 5.41) is 13.4. The summed E-state index contributed by atoms with van der Waals surface area (Å²) in [4.78, 5) is 14.2. The second-order valence-electron chi connectivity index (χ2n) is 4.97. The minimum absolute atomic E-state index is 0.00596. The number of benzene rings is 1. The van der Waals surface area contributed by atoms with Crippen molar-refractivity contribution in [2.75, 3.05) is 13.2 Å². The summed E-state index contributed by atoms with van der Waals surface area (Å²) in [6.07, 6.45) is 5.42. The summed E-state index contributed by atoms with van der Waals surface area (Å²) in [5.74, 6) is -0.00596. The van der Waals surface area contributed by atoms with Crippen LogP contribution in [0.3, 0.4) is 0 Å². The fraction of sp³-hybridized carbons (Fsp3) is 0.333. The van der Waals surface area contributed by atoms with Gasteiger partial charge in [0.1, 0.15) is 0 Å². The first-order chi connectivity index (χ1) is 9.79.